The molecule has 0 aliphatic heterocycles. The van der Waals surface area contributed by atoms with Crippen molar-refractivity contribution in [1.82, 2.24) is 9.97 Å². The summed E-state index contributed by atoms with van der Waals surface area (Å²) < 4.78 is 0. The van der Waals surface area contributed by atoms with Crippen LogP contribution >= 0.6 is 0 Å². The Morgan fingerprint density at radius 2 is 1.12 bits per heavy atom. The lowest BCUT2D eigenvalue weighted by Crippen LogP contribution is -1.92. The number of hydrogen-bond acceptors (Lipinski definition) is 2. The topological polar surface area (TPSA) is 25.8 Å². The van der Waals surface area contributed by atoms with Gasteiger partial charge in [-0.3, -0.25) is 4.98 Å². The summed E-state index contributed by atoms with van der Waals surface area (Å²) in [6, 6.07) is 41.6. The summed E-state index contributed by atoms with van der Waals surface area (Å²) in [4.78, 5) is 9.85. The van der Waals surface area contributed by atoms with Crippen molar-refractivity contribution in [3.05, 3.63) is 145 Å². The molecule has 2 nitrogen and oxygen atoms in total. The lowest BCUT2D eigenvalue weighted by Gasteiger charge is -2.16. The highest BCUT2D eigenvalue weighted by Gasteiger charge is 2.16. The van der Waals surface area contributed by atoms with Crippen molar-refractivity contribution < 1.29 is 0 Å². The number of allylic oxidation sites excluding steroid dienone is 2. The molecule has 1 aliphatic carbocycles. The first-order chi connectivity index (χ1) is 21.3. The van der Waals surface area contributed by atoms with Gasteiger partial charge < -0.3 is 0 Å². The minimum Gasteiger partial charge on any atom is -0.254 e. The van der Waals surface area contributed by atoms with Crippen molar-refractivity contribution in [2.75, 3.05) is 0 Å². The van der Waals surface area contributed by atoms with Gasteiger partial charge in [-0.25, -0.2) is 4.98 Å². The number of fused-ring (bicyclic) bond motifs is 10. The monoisotopic (exact) mass is 546 g/mol. The van der Waals surface area contributed by atoms with Crippen LogP contribution in [0.2, 0.25) is 0 Å². The smallest absolute Gasteiger partial charge is 0.0972 e. The Morgan fingerprint density at radius 3 is 1.95 bits per heavy atom. The fourth-order valence-corrected chi connectivity index (χ4v) is 6.87. The molecule has 0 amide bonds. The Morgan fingerprint density at radius 1 is 0.465 bits per heavy atom. The Hall–Kier alpha value is -5.60. The van der Waals surface area contributed by atoms with Crippen LogP contribution < -0.4 is 0 Å². The van der Waals surface area contributed by atoms with E-state index in [9.17, 15) is 0 Å². The summed E-state index contributed by atoms with van der Waals surface area (Å²) in [5, 5.41) is 9.81. The van der Waals surface area contributed by atoms with Gasteiger partial charge in [-0.1, -0.05) is 121 Å². The predicted octanol–water partition coefficient (Wildman–Crippen LogP) is 11.0. The summed E-state index contributed by atoms with van der Waals surface area (Å²) in [6.07, 6.45) is 11.9. The zero-order chi connectivity index (χ0) is 28.3. The van der Waals surface area contributed by atoms with Crippen LogP contribution in [-0.2, 0) is 0 Å². The first kappa shape index (κ1) is 24.0. The lowest BCUT2D eigenvalue weighted by atomic mass is 9.88. The minimum absolute atomic E-state index is 0.938. The van der Waals surface area contributed by atoms with E-state index in [0.29, 0.717) is 0 Å². The second kappa shape index (κ2) is 9.47. The van der Waals surface area contributed by atoms with Gasteiger partial charge in [0.15, 0.2) is 0 Å². The molecule has 0 bridgehead atoms. The van der Waals surface area contributed by atoms with E-state index in [4.69, 9.17) is 4.98 Å². The van der Waals surface area contributed by atoms with Gasteiger partial charge in [0, 0.05) is 22.5 Å². The fourth-order valence-electron chi connectivity index (χ4n) is 6.87. The Labute approximate surface area is 249 Å². The molecule has 1 aliphatic rings. The van der Waals surface area contributed by atoms with Crippen LogP contribution in [0, 0.1) is 0 Å². The van der Waals surface area contributed by atoms with Gasteiger partial charge in [0.25, 0.3) is 0 Å². The molecule has 2 heteroatoms. The van der Waals surface area contributed by atoms with E-state index in [-0.39, 0.29) is 0 Å². The number of rotatable bonds is 2. The summed E-state index contributed by atoms with van der Waals surface area (Å²) >= 11 is 0. The second-order valence-corrected chi connectivity index (χ2v) is 11.3. The molecule has 0 saturated carbocycles. The zero-order valence-corrected chi connectivity index (χ0v) is 23.5. The minimum atomic E-state index is 0.938. The third kappa shape index (κ3) is 3.73. The van der Waals surface area contributed by atoms with E-state index in [0.717, 1.165) is 39.5 Å². The largest absolute Gasteiger partial charge is 0.254 e. The standard InChI is InChI=1S/C41H26N2/c1-2-10-32-31-13-5-6-14-33(31)36-20-18-28(25-38(36)35(32)11-3-1)29-21-22-37(34-15-7-4-12-30(29)34)39-23-19-27-17-16-26-9-8-24-42-40(26)41(27)43-39/h2-25H,1H2. The van der Waals surface area contributed by atoms with E-state index in [1.165, 1.54) is 54.6 Å². The Balaban J connectivity index is 1.27. The normalized spacial score (nSPS) is 12.8. The number of aromatic nitrogens is 2. The van der Waals surface area contributed by atoms with Gasteiger partial charge >= 0.3 is 0 Å². The third-order valence-corrected chi connectivity index (χ3v) is 8.89. The molecular weight excluding hydrogens is 520 g/mol. The van der Waals surface area contributed by atoms with Crippen LogP contribution in [-0.4, -0.2) is 9.97 Å². The summed E-state index contributed by atoms with van der Waals surface area (Å²) in [7, 11) is 0. The molecule has 2 aromatic heterocycles. The molecule has 0 radical (unpaired) electrons. The van der Waals surface area contributed by atoms with Crippen molar-refractivity contribution >= 4 is 66.3 Å². The van der Waals surface area contributed by atoms with Crippen molar-refractivity contribution in [1.29, 1.82) is 0 Å². The zero-order valence-electron chi connectivity index (χ0n) is 23.5. The van der Waals surface area contributed by atoms with Crippen LogP contribution in [0.5, 0.6) is 0 Å². The molecule has 0 fully saturated rings. The quantitative estimate of drug-likeness (QED) is 0.202. The van der Waals surface area contributed by atoms with Gasteiger partial charge in [-0.05, 0) is 79.2 Å². The molecule has 43 heavy (non-hydrogen) atoms. The second-order valence-electron chi connectivity index (χ2n) is 11.3. The molecule has 6 aromatic carbocycles. The van der Waals surface area contributed by atoms with E-state index in [2.05, 4.69) is 138 Å². The molecular formula is C41H26N2. The highest BCUT2D eigenvalue weighted by atomic mass is 14.8. The first-order valence-electron chi connectivity index (χ1n) is 14.8. The maximum absolute atomic E-state index is 5.18. The van der Waals surface area contributed by atoms with Crippen molar-refractivity contribution in [3.63, 3.8) is 0 Å². The van der Waals surface area contributed by atoms with Crippen molar-refractivity contribution in [3.8, 4) is 22.4 Å². The average molecular weight is 547 g/mol. The van der Waals surface area contributed by atoms with Crippen molar-refractivity contribution in [2.45, 2.75) is 6.42 Å². The Kier molecular flexibility index (Phi) is 5.30. The van der Waals surface area contributed by atoms with Crippen LogP contribution in [0.3, 0.4) is 0 Å². The number of pyridine rings is 2. The third-order valence-electron chi connectivity index (χ3n) is 8.89. The van der Waals surface area contributed by atoms with E-state index >= 15 is 0 Å². The summed E-state index contributed by atoms with van der Waals surface area (Å²) in [6.45, 7) is 0. The maximum Gasteiger partial charge on any atom is 0.0972 e. The molecule has 2 heterocycles. The van der Waals surface area contributed by atoms with Gasteiger partial charge in [-0.15, -0.1) is 0 Å². The van der Waals surface area contributed by atoms with Crippen LogP contribution in [0.15, 0.2) is 134 Å². The van der Waals surface area contributed by atoms with Gasteiger partial charge in [0.2, 0.25) is 0 Å². The molecule has 0 spiro atoms. The molecule has 0 saturated heterocycles. The van der Waals surface area contributed by atoms with E-state index < -0.39 is 0 Å². The fraction of sp³-hybridized carbons (Fsp3) is 0.0244. The van der Waals surface area contributed by atoms with Crippen LogP contribution in [0.25, 0.3) is 88.7 Å². The number of nitrogens with zero attached hydrogens (tertiary/aromatic N) is 2. The van der Waals surface area contributed by atoms with Gasteiger partial charge in [-0.2, -0.15) is 0 Å². The van der Waals surface area contributed by atoms with E-state index in [1.807, 2.05) is 12.3 Å². The first-order valence-corrected chi connectivity index (χ1v) is 14.8. The van der Waals surface area contributed by atoms with Crippen LogP contribution in [0.1, 0.15) is 17.5 Å². The maximum atomic E-state index is 5.18. The highest BCUT2D eigenvalue weighted by Crippen LogP contribution is 2.40. The average Bonchev–Trinajstić information content (AvgIpc) is 3.34. The molecule has 0 N–H and O–H groups in total. The van der Waals surface area contributed by atoms with Gasteiger partial charge in [0.1, 0.15) is 0 Å². The lowest BCUT2D eigenvalue weighted by molar-refractivity contribution is 1.37. The Bertz CT molecular complexity index is 2480. The number of benzene rings is 6. The van der Waals surface area contributed by atoms with E-state index in [1.54, 1.807) is 0 Å². The molecule has 8 aromatic rings. The highest BCUT2D eigenvalue weighted by molar-refractivity contribution is 6.16. The summed E-state index contributed by atoms with van der Waals surface area (Å²) in [5.74, 6) is 0. The predicted molar refractivity (Wildman–Crippen MR) is 183 cm³/mol. The van der Waals surface area contributed by atoms with Crippen molar-refractivity contribution in [2.24, 2.45) is 0 Å². The molecule has 0 unspecified atom stereocenters. The summed E-state index contributed by atoms with van der Waals surface area (Å²) in [5.41, 5.74) is 9.01. The SMILES string of the molecule is C1=Cc2c(c3cc(-c4ccc(-c5ccc6ccc7cccnc7c6n5)c5ccccc45)ccc3c3ccccc23)C=CC1. The number of hydrogen-bond donors (Lipinski definition) is 0. The molecule has 9 rings (SSSR count). The molecule has 200 valence electrons. The van der Waals surface area contributed by atoms with Gasteiger partial charge in [0.05, 0.1) is 16.7 Å². The van der Waals surface area contributed by atoms with Crippen LogP contribution in [0.4, 0.5) is 0 Å². The molecule has 0 atom stereocenters.